The average Bonchev–Trinajstić information content (AvgIpc) is 2.73. The summed E-state index contributed by atoms with van der Waals surface area (Å²) in [6.07, 6.45) is 7.90. The van der Waals surface area contributed by atoms with Crippen molar-refractivity contribution in [3.8, 4) is 0 Å². The Morgan fingerprint density at radius 3 is 2.57 bits per heavy atom. The summed E-state index contributed by atoms with van der Waals surface area (Å²) in [5.74, 6) is -0.289. The van der Waals surface area contributed by atoms with Crippen molar-refractivity contribution in [2.75, 3.05) is 13.1 Å². The number of rotatable bonds is 5. The molecule has 2 N–H and O–H groups in total. The maximum absolute atomic E-state index is 12.7. The molecule has 0 saturated carbocycles. The van der Waals surface area contributed by atoms with E-state index in [1.807, 2.05) is 6.07 Å². The zero-order chi connectivity index (χ0) is 19.3. The number of nitrogens with one attached hydrogen (secondary N) is 2. The highest BCUT2D eigenvalue weighted by Crippen LogP contribution is 2.19. The van der Waals surface area contributed by atoms with Gasteiger partial charge in [-0.25, -0.2) is 0 Å². The molecule has 2 aliphatic rings. The normalized spacial score (nSPS) is 17.1. The number of pyridine rings is 1. The van der Waals surface area contributed by atoms with Crippen molar-refractivity contribution < 1.29 is 4.79 Å². The smallest absolute Gasteiger partial charge is 0.261 e. The molecule has 0 unspecified atom stereocenters. The van der Waals surface area contributed by atoms with Crippen LogP contribution >= 0.6 is 0 Å². The van der Waals surface area contributed by atoms with Gasteiger partial charge in [0.2, 0.25) is 0 Å². The number of fused-ring (bicyclic) bond motifs is 1. The molecule has 1 saturated heterocycles. The Morgan fingerprint density at radius 2 is 1.75 bits per heavy atom. The second kappa shape index (κ2) is 8.74. The molecular weight excluding hydrogens is 350 g/mol. The lowest BCUT2D eigenvalue weighted by Crippen LogP contribution is -2.32. The van der Waals surface area contributed by atoms with Gasteiger partial charge in [-0.3, -0.25) is 14.5 Å². The van der Waals surface area contributed by atoms with E-state index >= 15 is 0 Å². The summed E-state index contributed by atoms with van der Waals surface area (Å²) in [6, 6.07) is 10.1. The fraction of sp³-hybridized carbons (Fsp3) is 0.478. The molecule has 4 rings (SSSR count). The minimum atomic E-state index is -0.289. The van der Waals surface area contributed by atoms with Gasteiger partial charge in [0.15, 0.2) is 0 Å². The van der Waals surface area contributed by atoms with Crippen molar-refractivity contribution in [1.82, 2.24) is 15.2 Å². The highest BCUT2D eigenvalue weighted by atomic mass is 16.2. The van der Waals surface area contributed by atoms with Gasteiger partial charge in [-0.1, -0.05) is 30.7 Å². The third-order valence-electron chi connectivity index (χ3n) is 5.98. The summed E-state index contributed by atoms with van der Waals surface area (Å²) >= 11 is 0. The highest BCUT2D eigenvalue weighted by Gasteiger charge is 2.18. The van der Waals surface area contributed by atoms with Crippen molar-refractivity contribution in [3.63, 3.8) is 0 Å². The summed E-state index contributed by atoms with van der Waals surface area (Å²) in [4.78, 5) is 30.4. The molecule has 1 aliphatic heterocycles. The molecule has 28 heavy (non-hydrogen) atoms. The number of hydrogen-bond acceptors (Lipinski definition) is 3. The predicted octanol–water partition coefficient (Wildman–Crippen LogP) is 3.17. The second-order valence-electron chi connectivity index (χ2n) is 8.01. The van der Waals surface area contributed by atoms with E-state index in [2.05, 4.69) is 33.4 Å². The molecule has 5 nitrogen and oxygen atoms in total. The molecular formula is C23H29N3O2. The van der Waals surface area contributed by atoms with Gasteiger partial charge in [-0.2, -0.15) is 0 Å². The van der Waals surface area contributed by atoms with E-state index in [-0.39, 0.29) is 17.0 Å². The maximum Gasteiger partial charge on any atom is 0.261 e. The van der Waals surface area contributed by atoms with E-state index in [0.29, 0.717) is 6.54 Å². The number of carbonyl (C=O) groups is 1. The minimum absolute atomic E-state index is 0.231. The first-order valence-electron chi connectivity index (χ1n) is 10.5. The lowest BCUT2D eigenvalue weighted by molar-refractivity contribution is 0.0949. The molecule has 148 valence electrons. The van der Waals surface area contributed by atoms with E-state index in [0.717, 1.165) is 62.1 Å². The second-order valence-corrected chi connectivity index (χ2v) is 8.01. The summed E-state index contributed by atoms with van der Waals surface area (Å²) < 4.78 is 0. The number of aryl methyl sites for hydroxylation is 2. The fourth-order valence-electron chi connectivity index (χ4n) is 4.36. The van der Waals surface area contributed by atoms with E-state index < -0.39 is 0 Å². The number of piperidine rings is 1. The van der Waals surface area contributed by atoms with Gasteiger partial charge in [0.1, 0.15) is 5.56 Å². The van der Waals surface area contributed by atoms with Crippen molar-refractivity contribution in [2.45, 2.75) is 58.0 Å². The van der Waals surface area contributed by atoms with Gasteiger partial charge >= 0.3 is 0 Å². The van der Waals surface area contributed by atoms with Gasteiger partial charge in [0.25, 0.3) is 11.5 Å². The maximum atomic E-state index is 12.7. The SMILES string of the molecule is O=C(NCc1ccccc1CN1CCCCC1)c1cc2c([nH]c1=O)CCCC2. The standard InChI is InChI=1S/C23H29N3O2/c27-22(20-14-17-8-4-5-11-21(17)25-23(20)28)24-15-18-9-2-3-10-19(18)16-26-12-6-1-7-13-26/h2-3,9-10,14H,1,4-8,11-13,15-16H2,(H,24,27)(H,25,28). The van der Waals surface area contributed by atoms with E-state index in [4.69, 9.17) is 0 Å². The number of H-pyrrole nitrogens is 1. The van der Waals surface area contributed by atoms with Gasteiger partial charge in [-0.15, -0.1) is 0 Å². The first kappa shape index (κ1) is 18.9. The van der Waals surface area contributed by atoms with Crippen molar-refractivity contribution >= 4 is 5.91 Å². The van der Waals surface area contributed by atoms with Crippen LogP contribution in [0.15, 0.2) is 35.1 Å². The van der Waals surface area contributed by atoms with E-state index in [9.17, 15) is 9.59 Å². The third-order valence-corrected chi connectivity index (χ3v) is 5.98. The number of aromatic nitrogens is 1. The Kier molecular flexibility index (Phi) is 5.91. The Balaban J connectivity index is 1.44. The molecule has 2 aromatic rings. The zero-order valence-electron chi connectivity index (χ0n) is 16.4. The van der Waals surface area contributed by atoms with Crippen LogP contribution in [0.2, 0.25) is 0 Å². The molecule has 1 aromatic carbocycles. The molecule has 0 spiro atoms. The van der Waals surface area contributed by atoms with Crippen LogP contribution in [-0.4, -0.2) is 28.9 Å². The molecule has 1 aliphatic carbocycles. The molecule has 0 bridgehead atoms. The number of nitrogens with zero attached hydrogens (tertiary/aromatic N) is 1. The average molecular weight is 380 g/mol. The van der Waals surface area contributed by atoms with Crippen molar-refractivity contribution in [2.24, 2.45) is 0 Å². The summed E-state index contributed by atoms with van der Waals surface area (Å²) in [5, 5.41) is 2.96. The Bertz CT molecular complexity index is 897. The quantitative estimate of drug-likeness (QED) is 0.839. The summed E-state index contributed by atoms with van der Waals surface area (Å²) in [6.45, 7) is 3.65. The summed E-state index contributed by atoms with van der Waals surface area (Å²) in [5.41, 5.74) is 4.44. The van der Waals surface area contributed by atoms with Crippen LogP contribution in [0.4, 0.5) is 0 Å². The number of hydrogen-bond donors (Lipinski definition) is 2. The largest absolute Gasteiger partial charge is 0.348 e. The lowest BCUT2D eigenvalue weighted by Gasteiger charge is -2.27. The van der Waals surface area contributed by atoms with Crippen LogP contribution in [0.3, 0.4) is 0 Å². The number of likely N-dealkylation sites (tertiary alicyclic amines) is 1. The predicted molar refractivity (Wildman–Crippen MR) is 110 cm³/mol. The van der Waals surface area contributed by atoms with Crippen LogP contribution in [0.5, 0.6) is 0 Å². The van der Waals surface area contributed by atoms with Gasteiger partial charge in [-0.05, 0) is 74.4 Å². The van der Waals surface area contributed by atoms with Gasteiger partial charge in [0.05, 0.1) is 0 Å². The first-order valence-corrected chi connectivity index (χ1v) is 10.5. The van der Waals surface area contributed by atoms with E-state index in [1.54, 1.807) is 6.07 Å². The minimum Gasteiger partial charge on any atom is -0.348 e. The van der Waals surface area contributed by atoms with Crippen molar-refractivity contribution in [1.29, 1.82) is 0 Å². The molecule has 1 aromatic heterocycles. The lowest BCUT2D eigenvalue weighted by atomic mass is 9.95. The first-order chi connectivity index (χ1) is 13.7. The Morgan fingerprint density at radius 1 is 1.00 bits per heavy atom. The van der Waals surface area contributed by atoms with Crippen LogP contribution < -0.4 is 10.9 Å². The molecule has 1 fully saturated rings. The topological polar surface area (TPSA) is 65.2 Å². The number of carbonyl (C=O) groups excluding carboxylic acids is 1. The van der Waals surface area contributed by atoms with Crippen LogP contribution in [0.25, 0.3) is 0 Å². The van der Waals surface area contributed by atoms with Crippen LogP contribution in [-0.2, 0) is 25.9 Å². The number of amides is 1. The highest BCUT2D eigenvalue weighted by molar-refractivity contribution is 5.94. The molecule has 2 heterocycles. The van der Waals surface area contributed by atoms with Crippen LogP contribution in [0.1, 0.15) is 64.8 Å². The van der Waals surface area contributed by atoms with Gasteiger partial charge < -0.3 is 10.3 Å². The number of aromatic amines is 1. The Hall–Kier alpha value is -2.40. The summed E-state index contributed by atoms with van der Waals surface area (Å²) in [7, 11) is 0. The van der Waals surface area contributed by atoms with Crippen molar-refractivity contribution in [3.05, 3.63) is 68.6 Å². The molecule has 0 radical (unpaired) electrons. The van der Waals surface area contributed by atoms with Crippen LogP contribution in [0, 0.1) is 0 Å². The molecule has 5 heteroatoms. The van der Waals surface area contributed by atoms with E-state index in [1.165, 1.54) is 24.8 Å². The zero-order valence-corrected chi connectivity index (χ0v) is 16.4. The fourth-order valence-corrected chi connectivity index (χ4v) is 4.36. The van der Waals surface area contributed by atoms with Gasteiger partial charge in [0, 0.05) is 18.8 Å². The molecule has 0 atom stereocenters. The number of benzene rings is 1. The monoisotopic (exact) mass is 379 g/mol. The Labute approximate surface area is 166 Å². The molecule has 1 amide bonds. The third kappa shape index (κ3) is 4.36.